The minimum atomic E-state index is 0.0349. The predicted molar refractivity (Wildman–Crippen MR) is 78.1 cm³/mol. The Labute approximate surface area is 119 Å². The van der Waals surface area contributed by atoms with Crippen molar-refractivity contribution in [3.63, 3.8) is 0 Å². The fourth-order valence-corrected chi connectivity index (χ4v) is 2.18. The van der Waals surface area contributed by atoms with Crippen LogP contribution >= 0.6 is 0 Å². The normalized spacial score (nSPS) is 15.8. The number of rotatable bonds is 6. The maximum absolute atomic E-state index is 5.83. The molecule has 1 fully saturated rings. The number of hydrazine groups is 1. The summed E-state index contributed by atoms with van der Waals surface area (Å²) in [6, 6.07) is 14.1. The van der Waals surface area contributed by atoms with Crippen LogP contribution in [0.25, 0.3) is 0 Å². The molecule has 0 aliphatic heterocycles. The van der Waals surface area contributed by atoms with Gasteiger partial charge in [-0.2, -0.15) is 0 Å². The Bertz CT molecular complexity index is 555. The van der Waals surface area contributed by atoms with E-state index in [1.165, 1.54) is 0 Å². The standard InChI is InChI=1S/C16H19N3O/c17-19-16(11-13-5-1-2-9-18-13)12-4-3-6-15(10-12)20-14-7-8-14/h1-6,9-10,14,16,19H,7-8,11,17H2. The zero-order chi connectivity index (χ0) is 13.8. The number of nitrogens with zero attached hydrogens (tertiary/aromatic N) is 1. The van der Waals surface area contributed by atoms with Crippen LogP contribution in [0.3, 0.4) is 0 Å². The molecule has 1 aromatic carbocycles. The molecule has 4 nitrogen and oxygen atoms in total. The van der Waals surface area contributed by atoms with Gasteiger partial charge in [-0.25, -0.2) is 0 Å². The topological polar surface area (TPSA) is 60.2 Å². The second kappa shape index (κ2) is 6.03. The average Bonchev–Trinajstić information content (AvgIpc) is 3.30. The van der Waals surface area contributed by atoms with Gasteiger partial charge in [0.1, 0.15) is 5.75 Å². The molecule has 1 atom stereocenters. The van der Waals surface area contributed by atoms with Gasteiger partial charge in [-0.15, -0.1) is 0 Å². The maximum Gasteiger partial charge on any atom is 0.120 e. The first-order chi connectivity index (χ1) is 9.85. The summed E-state index contributed by atoms with van der Waals surface area (Å²) in [5, 5.41) is 0. The summed E-state index contributed by atoms with van der Waals surface area (Å²) in [6.45, 7) is 0. The summed E-state index contributed by atoms with van der Waals surface area (Å²) < 4.78 is 5.83. The van der Waals surface area contributed by atoms with Crippen molar-refractivity contribution in [3.8, 4) is 5.75 Å². The average molecular weight is 269 g/mol. The molecule has 104 valence electrons. The van der Waals surface area contributed by atoms with Crippen molar-refractivity contribution in [1.29, 1.82) is 0 Å². The highest BCUT2D eigenvalue weighted by atomic mass is 16.5. The van der Waals surface area contributed by atoms with Gasteiger partial charge in [-0.1, -0.05) is 18.2 Å². The van der Waals surface area contributed by atoms with Crippen LogP contribution in [0.15, 0.2) is 48.7 Å². The highest BCUT2D eigenvalue weighted by molar-refractivity contribution is 5.31. The third kappa shape index (κ3) is 3.35. The molecule has 4 heteroatoms. The molecule has 0 amide bonds. The summed E-state index contributed by atoms with van der Waals surface area (Å²) in [6.07, 6.45) is 5.29. The monoisotopic (exact) mass is 269 g/mol. The Morgan fingerprint density at radius 1 is 1.25 bits per heavy atom. The number of nitrogens with one attached hydrogen (secondary N) is 1. The van der Waals surface area contributed by atoms with Gasteiger partial charge in [-0.3, -0.25) is 16.3 Å². The third-order valence-corrected chi connectivity index (χ3v) is 3.43. The Morgan fingerprint density at radius 2 is 2.15 bits per heavy atom. The van der Waals surface area contributed by atoms with E-state index in [2.05, 4.69) is 22.5 Å². The number of pyridine rings is 1. The molecular weight excluding hydrogens is 250 g/mol. The highest BCUT2D eigenvalue weighted by Gasteiger charge is 2.23. The molecule has 0 radical (unpaired) electrons. The van der Waals surface area contributed by atoms with Crippen LogP contribution in [0, 0.1) is 0 Å². The fraction of sp³-hybridized carbons (Fsp3) is 0.312. The van der Waals surface area contributed by atoms with Crippen molar-refractivity contribution in [2.75, 3.05) is 0 Å². The lowest BCUT2D eigenvalue weighted by Gasteiger charge is -2.17. The second-order valence-corrected chi connectivity index (χ2v) is 5.13. The van der Waals surface area contributed by atoms with Crippen molar-refractivity contribution >= 4 is 0 Å². The number of nitrogens with two attached hydrogens (primary N) is 1. The zero-order valence-electron chi connectivity index (χ0n) is 11.3. The molecule has 0 bridgehead atoms. The molecule has 1 aliphatic carbocycles. The van der Waals surface area contributed by atoms with Gasteiger partial charge in [0.2, 0.25) is 0 Å². The van der Waals surface area contributed by atoms with E-state index in [4.69, 9.17) is 10.6 Å². The predicted octanol–water partition coefficient (Wildman–Crippen LogP) is 2.37. The quantitative estimate of drug-likeness (QED) is 0.624. The van der Waals surface area contributed by atoms with Gasteiger partial charge >= 0.3 is 0 Å². The summed E-state index contributed by atoms with van der Waals surface area (Å²) >= 11 is 0. The molecule has 1 aromatic heterocycles. The molecule has 1 unspecified atom stereocenters. The van der Waals surface area contributed by atoms with E-state index in [0.717, 1.165) is 36.3 Å². The Hall–Kier alpha value is -1.91. The van der Waals surface area contributed by atoms with Crippen molar-refractivity contribution < 1.29 is 4.74 Å². The van der Waals surface area contributed by atoms with Crippen LogP contribution in [0.5, 0.6) is 5.75 Å². The van der Waals surface area contributed by atoms with Gasteiger partial charge in [0.05, 0.1) is 12.1 Å². The van der Waals surface area contributed by atoms with Crippen LogP contribution in [0.4, 0.5) is 0 Å². The lowest BCUT2D eigenvalue weighted by atomic mass is 10.0. The minimum Gasteiger partial charge on any atom is -0.490 e. The van der Waals surface area contributed by atoms with Gasteiger partial charge in [0.25, 0.3) is 0 Å². The van der Waals surface area contributed by atoms with Gasteiger partial charge in [0.15, 0.2) is 0 Å². The van der Waals surface area contributed by atoms with E-state index >= 15 is 0 Å². The summed E-state index contributed by atoms with van der Waals surface area (Å²) in [5.41, 5.74) is 5.01. The molecule has 1 heterocycles. The van der Waals surface area contributed by atoms with E-state index in [9.17, 15) is 0 Å². The van der Waals surface area contributed by atoms with E-state index < -0.39 is 0 Å². The third-order valence-electron chi connectivity index (χ3n) is 3.43. The minimum absolute atomic E-state index is 0.0349. The number of hydrogen-bond donors (Lipinski definition) is 2. The smallest absolute Gasteiger partial charge is 0.120 e. The van der Waals surface area contributed by atoms with E-state index in [-0.39, 0.29) is 6.04 Å². The van der Waals surface area contributed by atoms with Crippen LogP contribution in [-0.4, -0.2) is 11.1 Å². The molecule has 1 aliphatic rings. The molecular formula is C16H19N3O. The summed E-state index contributed by atoms with van der Waals surface area (Å²) in [5.74, 6) is 6.62. The first-order valence-corrected chi connectivity index (χ1v) is 6.98. The zero-order valence-corrected chi connectivity index (χ0v) is 11.3. The van der Waals surface area contributed by atoms with Gasteiger partial charge in [-0.05, 0) is 42.7 Å². The number of ether oxygens (including phenoxy) is 1. The molecule has 2 aromatic rings. The van der Waals surface area contributed by atoms with Gasteiger partial charge in [0, 0.05) is 18.3 Å². The van der Waals surface area contributed by atoms with Crippen LogP contribution in [0.2, 0.25) is 0 Å². The van der Waals surface area contributed by atoms with Crippen LogP contribution in [-0.2, 0) is 6.42 Å². The number of hydrogen-bond acceptors (Lipinski definition) is 4. The highest BCUT2D eigenvalue weighted by Crippen LogP contribution is 2.28. The first-order valence-electron chi connectivity index (χ1n) is 6.98. The number of benzene rings is 1. The van der Waals surface area contributed by atoms with Crippen molar-refractivity contribution in [2.24, 2.45) is 5.84 Å². The fourth-order valence-electron chi connectivity index (χ4n) is 2.18. The van der Waals surface area contributed by atoms with E-state index in [1.807, 2.05) is 30.3 Å². The molecule has 3 rings (SSSR count). The lowest BCUT2D eigenvalue weighted by Crippen LogP contribution is -2.29. The first kappa shape index (κ1) is 13.1. The largest absolute Gasteiger partial charge is 0.490 e. The maximum atomic E-state index is 5.83. The Balaban J connectivity index is 1.74. The Morgan fingerprint density at radius 3 is 2.85 bits per heavy atom. The SMILES string of the molecule is NNC(Cc1ccccn1)c1cccc(OC2CC2)c1. The molecule has 20 heavy (non-hydrogen) atoms. The Kier molecular flexibility index (Phi) is 3.95. The molecule has 0 spiro atoms. The molecule has 1 saturated carbocycles. The summed E-state index contributed by atoms with van der Waals surface area (Å²) in [4.78, 5) is 4.35. The summed E-state index contributed by atoms with van der Waals surface area (Å²) in [7, 11) is 0. The van der Waals surface area contributed by atoms with E-state index in [0.29, 0.717) is 6.10 Å². The molecule has 3 N–H and O–H groups in total. The molecule has 0 saturated heterocycles. The van der Waals surface area contributed by atoms with Gasteiger partial charge < -0.3 is 4.74 Å². The van der Waals surface area contributed by atoms with Crippen molar-refractivity contribution in [3.05, 3.63) is 59.9 Å². The lowest BCUT2D eigenvalue weighted by molar-refractivity contribution is 0.302. The van der Waals surface area contributed by atoms with Crippen molar-refractivity contribution in [1.82, 2.24) is 10.4 Å². The van der Waals surface area contributed by atoms with E-state index in [1.54, 1.807) is 6.20 Å². The number of aromatic nitrogens is 1. The second-order valence-electron chi connectivity index (χ2n) is 5.13. The van der Waals surface area contributed by atoms with Crippen LogP contribution in [0.1, 0.15) is 30.1 Å². The van der Waals surface area contributed by atoms with Crippen LogP contribution < -0.4 is 16.0 Å². The van der Waals surface area contributed by atoms with Crippen molar-refractivity contribution in [2.45, 2.75) is 31.4 Å².